The molecule has 1 N–H and O–H groups in total. The van der Waals surface area contributed by atoms with Crippen LogP contribution in [0.1, 0.15) is 15.4 Å². The fourth-order valence-electron chi connectivity index (χ4n) is 1.34. The molecule has 0 spiro atoms. The average Bonchev–Trinajstić information content (AvgIpc) is 2.85. The Balaban J connectivity index is 1.93. The largest absolute Gasteiger partial charge is 0.352 e. The van der Waals surface area contributed by atoms with E-state index in [0.29, 0.717) is 18.5 Å². The first kappa shape index (κ1) is 13.5. The van der Waals surface area contributed by atoms with Gasteiger partial charge in [-0.2, -0.15) is 0 Å². The molecule has 2 heterocycles. The van der Waals surface area contributed by atoms with Crippen LogP contribution in [-0.2, 0) is 6.42 Å². The number of hydrogen-bond donors (Lipinski definition) is 1. The molecule has 18 heavy (non-hydrogen) atoms. The molecule has 0 aromatic carbocycles. The molecule has 2 aromatic heterocycles. The van der Waals surface area contributed by atoms with Gasteiger partial charge in [0.25, 0.3) is 5.91 Å². The van der Waals surface area contributed by atoms with Crippen LogP contribution in [0.5, 0.6) is 0 Å². The lowest BCUT2D eigenvalue weighted by Gasteiger charge is -2.05. The van der Waals surface area contributed by atoms with E-state index >= 15 is 0 Å². The van der Waals surface area contributed by atoms with Crippen LogP contribution in [-0.4, -0.2) is 22.4 Å². The number of amides is 1. The Morgan fingerprint density at radius 3 is 3.06 bits per heavy atom. The van der Waals surface area contributed by atoms with Crippen molar-refractivity contribution < 1.29 is 4.79 Å². The minimum absolute atomic E-state index is 0.199. The highest BCUT2D eigenvalue weighted by Gasteiger charge is 2.11. The number of pyridine rings is 1. The molecule has 4 nitrogen and oxygen atoms in total. The summed E-state index contributed by atoms with van der Waals surface area (Å²) in [6.45, 7) is 0.523. The van der Waals surface area contributed by atoms with E-state index in [2.05, 4.69) is 31.2 Å². The lowest BCUT2D eigenvalue weighted by atomic mass is 10.2. The lowest BCUT2D eigenvalue weighted by Crippen LogP contribution is -2.26. The van der Waals surface area contributed by atoms with Gasteiger partial charge in [0.1, 0.15) is 5.15 Å². The third kappa shape index (κ3) is 3.51. The zero-order valence-electron chi connectivity index (χ0n) is 9.19. The first-order valence-corrected chi connectivity index (χ1v) is 7.19. The van der Waals surface area contributed by atoms with E-state index in [-0.39, 0.29) is 11.1 Å². The summed E-state index contributed by atoms with van der Waals surface area (Å²) in [4.78, 5) is 19.9. The first-order valence-electron chi connectivity index (χ1n) is 5.14. The van der Waals surface area contributed by atoms with Crippen LogP contribution in [0.4, 0.5) is 0 Å². The number of rotatable bonds is 4. The number of thiazole rings is 1. The Kier molecular flexibility index (Phi) is 4.68. The molecule has 0 atom stereocenters. The second-order valence-electron chi connectivity index (χ2n) is 3.42. The van der Waals surface area contributed by atoms with Crippen LogP contribution >= 0.6 is 38.9 Å². The summed E-state index contributed by atoms with van der Waals surface area (Å²) in [5.41, 5.74) is 0.366. The second-order valence-corrected chi connectivity index (χ2v) is 5.68. The number of carbonyl (C=O) groups is 1. The fraction of sp³-hybridized carbons (Fsp3) is 0.182. The summed E-state index contributed by atoms with van der Waals surface area (Å²) in [5.74, 6) is -0.231. The van der Waals surface area contributed by atoms with E-state index in [4.69, 9.17) is 11.6 Å². The minimum Gasteiger partial charge on any atom is -0.352 e. The van der Waals surface area contributed by atoms with Crippen molar-refractivity contribution in [1.29, 1.82) is 0 Å². The van der Waals surface area contributed by atoms with Crippen LogP contribution in [0.15, 0.2) is 28.3 Å². The van der Waals surface area contributed by atoms with Crippen molar-refractivity contribution in [3.05, 3.63) is 44.0 Å². The van der Waals surface area contributed by atoms with Crippen molar-refractivity contribution in [2.75, 3.05) is 6.54 Å². The van der Waals surface area contributed by atoms with Crippen molar-refractivity contribution in [2.45, 2.75) is 6.42 Å². The normalized spacial score (nSPS) is 10.3. The van der Waals surface area contributed by atoms with Crippen molar-refractivity contribution >= 4 is 44.8 Å². The predicted octanol–water partition coefficient (Wildman–Crippen LogP) is 2.93. The van der Waals surface area contributed by atoms with Crippen molar-refractivity contribution in [2.24, 2.45) is 0 Å². The van der Waals surface area contributed by atoms with E-state index in [1.165, 1.54) is 0 Å². The molecule has 0 aliphatic rings. The SMILES string of the molecule is O=C(NCCc1nccs1)c1cc(Br)cnc1Cl. The standard InChI is InChI=1S/C11H9BrClN3OS/c12-7-5-8(10(13)16-6-7)11(17)15-2-1-9-14-3-4-18-9/h3-6H,1-2H2,(H,15,17). The summed E-state index contributed by atoms with van der Waals surface area (Å²) < 4.78 is 0.719. The molecule has 1 amide bonds. The maximum atomic E-state index is 11.9. The van der Waals surface area contributed by atoms with Gasteiger partial charge in [-0.05, 0) is 22.0 Å². The van der Waals surface area contributed by atoms with Crippen molar-refractivity contribution in [1.82, 2.24) is 15.3 Å². The molecule has 2 rings (SSSR count). The van der Waals surface area contributed by atoms with E-state index in [1.807, 2.05) is 5.38 Å². The molecule has 0 radical (unpaired) electrons. The number of halogens is 2. The van der Waals surface area contributed by atoms with Gasteiger partial charge in [-0.25, -0.2) is 9.97 Å². The molecule has 0 aliphatic heterocycles. The van der Waals surface area contributed by atoms with Crippen molar-refractivity contribution in [3.63, 3.8) is 0 Å². The molecule has 0 aliphatic carbocycles. The minimum atomic E-state index is -0.231. The summed E-state index contributed by atoms with van der Waals surface area (Å²) in [7, 11) is 0. The number of aromatic nitrogens is 2. The second kappa shape index (κ2) is 6.26. The Morgan fingerprint density at radius 2 is 2.33 bits per heavy atom. The molecule has 2 aromatic rings. The smallest absolute Gasteiger partial charge is 0.254 e. The van der Waals surface area contributed by atoms with Gasteiger partial charge in [-0.3, -0.25) is 4.79 Å². The lowest BCUT2D eigenvalue weighted by molar-refractivity contribution is 0.0954. The monoisotopic (exact) mass is 345 g/mol. The molecule has 0 saturated carbocycles. The maximum absolute atomic E-state index is 11.9. The Hall–Kier alpha value is -0.980. The van der Waals surface area contributed by atoms with Gasteiger partial charge in [0.05, 0.1) is 10.6 Å². The Labute approximate surface area is 122 Å². The van der Waals surface area contributed by atoms with E-state index in [9.17, 15) is 4.79 Å². The van der Waals surface area contributed by atoms with Crippen LogP contribution in [0.2, 0.25) is 5.15 Å². The fourth-order valence-corrected chi connectivity index (χ4v) is 2.48. The molecular formula is C11H9BrClN3OS. The van der Waals surface area contributed by atoms with Gasteiger partial charge < -0.3 is 5.32 Å². The summed E-state index contributed by atoms with van der Waals surface area (Å²) in [6.07, 6.45) is 4.01. The maximum Gasteiger partial charge on any atom is 0.254 e. The topological polar surface area (TPSA) is 54.9 Å². The van der Waals surface area contributed by atoms with E-state index in [0.717, 1.165) is 9.48 Å². The highest BCUT2D eigenvalue weighted by atomic mass is 79.9. The third-order valence-corrected chi connectivity index (χ3v) is 3.73. The van der Waals surface area contributed by atoms with E-state index in [1.54, 1.807) is 29.8 Å². The molecule has 0 fully saturated rings. The van der Waals surface area contributed by atoms with Gasteiger partial charge >= 0.3 is 0 Å². The van der Waals surface area contributed by atoms with Gasteiger partial charge in [0.15, 0.2) is 0 Å². The molecule has 94 valence electrons. The Morgan fingerprint density at radius 1 is 1.50 bits per heavy atom. The predicted molar refractivity (Wildman–Crippen MR) is 75.1 cm³/mol. The van der Waals surface area contributed by atoms with Gasteiger partial charge in [0.2, 0.25) is 0 Å². The number of carbonyl (C=O) groups excluding carboxylic acids is 1. The summed E-state index contributed by atoms with van der Waals surface area (Å²) in [5, 5.41) is 5.89. The molecule has 0 unspecified atom stereocenters. The summed E-state index contributed by atoms with van der Waals surface area (Å²) in [6, 6.07) is 1.65. The summed E-state index contributed by atoms with van der Waals surface area (Å²) >= 11 is 10.7. The molecule has 7 heteroatoms. The highest BCUT2D eigenvalue weighted by Crippen LogP contribution is 2.17. The van der Waals surface area contributed by atoms with E-state index < -0.39 is 0 Å². The number of nitrogens with zero attached hydrogens (tertiary/aromatic N) is 2. The molecule has 0 saturated heterocycles. The first-order chi connectivity index (χ1) is 8.66. The van der Waals surface area contributed by atoms with Crippen molar-refractivity contribution in [3.8, 4) is 0 Å². The average molecular weight is 347 g/mol. The zero-order valence-corrected chi connectivity index (χ0v) is 12.3. The zero-order chi connectivity index (χ0) is 13.0. The van der Waals surface area contributed by atoms with Crippen LogP contribution in [0.25, 0.3) is 0 Å². The van der Waals surface area contributed by atoms with Gasteiger partial charge in [-0.15, -0.1) is 11.3 Å². The van der Waals surface area contributed by atoms with Crippen LogP contribution in [0, 0.1) is 0 Å². The number of hydrogen-bond acceptors (Lipinski definition) is 4. The molecular weight excluding hydrogens is 338 g/mol. The van der Waals surface area contributed by atoms with Gasteiger partial charge in [-0.1, -0.05) is 11.6 Å². The quantitative estimate of drug-likeness (QED) is 0.866. The number of nitrogens with one attached hydrogen (secondary N) is 1. The van der Waals surface area contributed by atoms with Crippen LogP contribution in [0.3, 0.4) is 0 Å². The van der Waals surface area contributed by atoms with Crippen LogP contribution < -0.4 is 5.32 Å². The van der Waals surface area contributed by atoms with Gasteiger partial charge in [0, 0.05) is 35.2 Å². The Bertz CT molecular complexity index is 547. The molecule has 0 bridgehead atoms. The highest BCUT2D eigenvalue weighted by molar-refractivity contribution is 9.10. The third-order valence-electron chi connectivity index (χ3n) is 2.16.